The number of fused-ring (bicyclic) bond motifs is 10. The van der Waals surface area contributed by atoms with Gasteiger partial charge in [-0.1, -0.05) is 6.07 Å². The summed E-state index contributed by atoms with van der Waals surface area (Å²) in [5, 5.41) is 3.03. The Kier molecular flexibility index (Phi) is 9.38. The molecule has 1 aromatic heterocycles. The van der Waals surface area contributed by atoms with E-state index in [2.05, 4.69) is 15.2 Å². The molecule has 10 nitrogen and oxygen atoms in total. The molecule has 1 aliphatic carbocycles. The summed E-state index contributed by atoms with van der Waals surface area (Å²) in [6.45, 7) is 5.19. The van der Waals surface area contributed by atoms with Gasteiger partial charge >= 0.3 is 0 Å². The fraction of sp³-hybridized carbons (Fsp3) is 0.724. The van der Waals surface area contributed by atoms with Crippen LogP contribution in [0, 0.1) is 5.92 Å². The van der Waals surface area contributed by atoms with Crippen LogP contribution >= 0.6 is 0 Å². The van der Waals surface area contributed by atoms with Gasteiger partial charge in [-0.15, -0.1) is 0 Å². The van der Waals surface area contributed by atoms with Gasteiger partial charge in [-0.05, 0) is 44.1 Å². The maximum Gasteiger partial charge on any atom is 0.270 e. The molecule has 1 saturated carbocycles. The highest BCUT2D eigenvalue weighted by molar-refractivity contribution is 5.92. The number of nitrogens with zero attached hydrogens (tertiary/aromatic N) is 4. The van der Waals surface area contributed by atoms with Crippen LogP contribution in [0.2, 0.25) is 0 Å². The Morgan fingerprint density at radius 1 is 1.02 bits per heavy atom. The van der Waals surface area contributed by atoms with Crippen molar-refractivity contribution in [2.24, 2.45) is 5.92 Å². The van der Waals surface area contributed by atoms with E-state index in [1.54, 1.807) is 30.0 Å². The van der Waals surface area contributed by atoms with Gasteiger partial charge in [0.05, 0.1) is 19.3 Å². The predicted molar refractivity (Wildman–Crippen MR) is 146 cm³/mol. The van der Waals surface area contributed by atoms with Crippen LogP contribution in [0.4, 0.5) is 8.78 Å². The van der Waals surface area contributed by atoms with E-state index >= 15 is 0 Å². The van der Waals surface area contributed by atoms with E-state index in [9.17, 15) is 23.2 Å². The summed E-state index contributed by atoms with van der Waals surface area (Å²) in [5.41, 5.74) is 0.201. The zero-order chi connectivity index (χ0) is 29.0. The lowest BCUT2D eigenvalue weighted by Gasteiger charge is -2.40. The van der Waals surface area contributed by atoms with Gasteiger partial charge in [-0.25, -0.2) is 13.8 Å². The molecule has 2 atom stereocenters. The fourth-order valence-electron chi connectivity index (χ4n) is 6.57. The number of rotatable bonds is 1. The summed E-state index contributed by atoms with van der Waals surface area (Å²) >= 11 is 0. The van der Waals surface area contributed by atoms with Gasteiger partial charge in [0.2, 0.25) is 23.6 Å². The molecule has 6 bridgehead atoms. The molecule has 5 aliphatic rings. The van der Waals surface area contributed by atoms with E-state index in [-0.39, 0.29) is 60.9 Å². The summed E-state index contributed by atoms with van der Waals surface area (Å²) in [4.78, 5) is 49.4. The van der Waals surface area contributed by atoms with E-state index in [1.807, 2.05) is 4.90 Å². The van der Waals surface area contributed by atoms with Crippen molar-refractivity contribution in [3.63, 3.8) is 0 Å². The first kappa shape index (κ1) is 29.6. The Bertz CT molecular complexity index is 1090. The number of carbonyl (C=O) groups is 3. The zero-order valence-electron chi connectivity index (χ0n) is 23.7. The molecule has 12 heteroatoms. The number of amides is 3. The molecule has 4 aliphatic heterocycles. The van der Waals surface area contributed by atoms with Gasteiger partial charge in [-0.2, -0.15) is 0 Å². The smallest absolute Gasteiger partial charge is 0.270 e. The second-order valence-electron chi connectivity index (χ2n) is 11.8. The van der Waals surface area contributed by atoms with Crippen LogP contribution in [-0.4, -0.2) is 114 Å². The third-order valence-corrected chi connectivity index (χ3v) is 8.90. The number of piperidine rings is 1. The Morgan fingerprint density at radius 2 is 1.78 bits per heavy atom. The SMILES string of the molecule is CC(=O)N1CCOCCOc2cccc(n2)C(=O)N[C@@H]2C[C@@H](C(=O)N3CCC(CC3)C1)N(C1CCC(F)(F)CC1)C2. The van der Waals surface area contributed by atoms with E-state index in [0.717, 1.165) is 12.8 Å². The van der Waals surface area contributed by atoms with Gasteiger partial charge in [0.15, 0.2) is 0 Å². The van der Waals surface area contributed by atoms with Crippen LogP contribution in [0.15, 0.2) is 18.2 Å². The molecule has 3 amide bonds. The normalized spacial score (nSPS) is 27.7. The van der Waals surface area contributed by atoms with Crippen LogP contribution in [0.25, 0.3) is 0 Å². The van der Waals surface area contributed by atoms with E-state index in [4.69, 9.17) is 9.47 Å². The Morgan fingerprint density at radius 3 is 2.51 bits per heavy atom. The summed E-state index contributed by atoms with van der Waals surface area (Å²) in [6.07, 6.45) is 2.26. The number of likely N-dealkylation sites (tertiary alicyclic amines) is 1. The first-order chi connectivity index (χ1) is 19.7. The molecule has 5 heterocycles. The van der Waals surface area contributed by atoms with Crippen molar-refractivity contribution in [3.05, 3.63) is 23.9 Å². The van der Waals surface area contributed by atoms with E-state index in [0.29, 0.717) is 71.1 Å². The van der Waals surface area contributed by atoms with Crippen LogP contribution < -0.4 is 10.1 Å². The number of hydrogen-bond donors (Lipinski definition) is 1. The Hall–Kier alpha value is -2.86. The molecular weight excluding hydrogens is 536 g/mol. The van der Waals surface area contributed by atoms with Gasteiger partial charge in [0, 0.05) is 70.6 Å². The molecule has 3 fully saturated rings. The molecule has 0 radical (unpaired) electrons. The standard InChI is InChI=1S/C29H41F2N5O5/c1-20(37)35-13-14-40-15-16-41-26-4-2-3-24(33-26)27(38)32-22-17-25(28(39)34-11-7-21(18-35)8-12-34)36(19-22)23-5-9-29(30,31)10-6-23/h2-4,21-23,25H,5-19H2,1H3,(H,32,38)/t22-,25+/m1/s1. The maximum atomic E-state index is 14.0. The quantitative estimate of drug-likeness (QED) is 0.511. The molecule has 2 saturated heterocycles. The monoisotopic (exact) mass is 577 g/mol. The minimum absolute atomic E-state index is 0.00577. The largest absolute Gasteiger partial charge is 0.475 e. The number of aromatic nitrogens is 1. The average molecular weight is 578 g/mol. The molecule has 1 aromatic rings. The van der Waals surface area contributed by atoms with E-state index < -0.39 is 12.0 Å². The second kappa shape index (κ2) is 13.0. The first-order valence-electron chi connectivity index (χ1n) is 14.8. The number of hydrogen-bond acceptors (Lipinski definition) is 7. The third-order valence-electron chi connectivity index (χ3n) is 8.90. The van der Waals surface area contributed by atoms with Crippen LogP contribution in [0.3, 0.4) is 0 Å². The number of alkyl halides is 2. The molecule has 6 rings (SSSR count). The lowest BCUT2D eigenvalue weighted by Crippen LogP contribution is -2.52. The summed E-state index contributed by atoms with van der Waals surface area (Å²) in [7, 11) is 0. The van der Waals surface area contributed by atoms with Crippen molar-refractivity contribution in [1.29, 1.82) is 0 Å². The third kappa shape index (κ3) is 7.51. The Labute approximate surface area is 239 Å². The van der Waals surface area contributed by atoms with Gasteiger partial charge in [0.1, 0.15) is 12.3 Å². The van der Waals surface area contributed by atoms with Crippen molar-refractivity contribution in [2.75, 3.05) is 52.5 Å². The van der Waals surface area contributed by atoms with Crippen molar-refractivity contribution in [3.8, 4) is 5.88 Å². The van der Waals surface area contributed by atoms with Crippen LogP contribution in [-0.2, 0) is 14.3 Å². The molecular formula is C29H41F2N5O5. The minimum atomic E-state index is -2.66. The first-order valence-corrected chi connectivity index (χ1v) is 14.8. The highest BCUT2D eigenvalue weighted by Gasteiger charge is 2.46. The van der Waals surface area contributed by atoms with Crippen molar-refractivity contribution >= 4 is 17.7 Å². The average Bonchev–Trinajstić information content (AvgIpc) is 3.37. The van der Waals surface area contributed by atoms with Gasteiger partial charge < -0.3 is 24.6 Å². The van der Waals surface area contributed by atoms with Gasteiger partial charge in [0.25, 0.3) is 5.91 Å². The number of halogens is 2. The summed E-state index contributed by atoms with van der Waals surface area (Å²) < 4.78 is 39.3. The molecule has 226 valence electrons. The van der Waals surface area contributed by atoms with Crippen LogP contribution in [0.1, 0.15) is 62.4 Å². The predicted octanol–water partition coefficient (Wildman–Crippen LogP) is 2.33. The Balaban J connectivity index is 1.34. The summed E-state index contributed by atoms with van der Waals surface area (Å²) in [5.74, 6) is -2.46. The highest BCUT2D eigenvalue weighted by Crippen LogP contribution is 2.38. The highest BCUT2D eigenvalue weighted by atomic mass is 19.3. The molecule has 0 spiro atoms. The summed E-state index contributed by atoms with van der Waals surface area (Å²) in [6, 6.07) is 4.05. The number of ether oxygens (including phenoxy) is 2. The minimum Gasteiger partial charge on any atom is -0.475 e. The van der Waals surface area contributed by atoms with E-state index in [1.165, 1.54) is 0 Å². The number of nitrogens with one attached hydrogen (secondary N) is 1. The second-order valence-corrected chi connectivity index (χ2v) is 11.8. The zero-order valence-corrected chi connectivity index (χ0v) is 23.7. The lowest BCUT2D eigenvalue weighted by molar-refractivity contribution is -0.140. The number of carbonyl (C=O) groups excluding carboxylic acids is 3. The van der Waals surface area contributed by atoms with Gasteiger partial charge in [-0.3, -0.25) is 19.3 Å². The molecule has 41 heavy (non-hydrogen) atoms. The maximum absolute atomic E-state index is 14.0. The van der Waals surface area contributed by atoms with Crippen molar-refractivity contribution < 1.29 is 32.6 Å². The number of pyridine rings is 1. The van der Waals surface area contributed by atoms with Crippen molar-refractivity contribution in [2.45, 2.75) is 75.9 Å². The van der Waals surface area contributed by atoms with Crippen LogP contribution in [0.5, 0.6) is 5.88 Å². The topological polar surface area (TPSA) is 104 Å². The lowest BCUT2D eigenvalue weighted by atomic mass is 9.90. The molecule has 1 N–H and O–H groups in total. The molecule has 0 unspecified atom stereocenters. The fourth-order valence-corrected chi connectivity index (χ4v) is 6.57. The van der Waals surface area contributed by atoms with Crippen molar-refractivity contribution in [1.82, 2.24) is 25.0 Å². The molecule has 0 aromatic carbocycles.